The molecule has 0 radical (unpaired) electrons. The highest BCUT2D eigenvalue weighted by molar-refractivity contribution is 7.13. The van der Waals surface area contributed by atoms with Crippen LogP contribution >= 0.6 is 11.3 Å². The average molecular weight is 270 g/mol. The zero-order valence-corrected chi connectivity index (χ0v) is 11.4. The van der Waals surface area contributed by atoms with Gasteiger partial charge in [0.2, 0.25) is 0 Å². The minimum atomic E-state index is -0.214. The number of esters is 1. The fourth-order valence-corrected chi connectivity index (χ4v) is 2.70. The third kappa shape index (κ3) is 3.68. The maximum atomic E-state index is 11.4. The van der Waals surface area contributed by atoms with Gasteiger partial charge in [-0.2, -0.15) is 0 Å². The quantitative estimate of drug-likeness (QED) is 0.776. The predicted octanol–water partition coefficient (Wildman–Crippen LogP) is 1.48. The van der Waals surface area contributed by atoms with Crippen LogP contribution < -0.4 is 4.90 Å². The van der Waals surface area contributed by atoms with Crippen molar-refractivity contribution in [3.05, 3.63) is 11.1 Å². The molecule has 0 saturated carbocycles. The van der Waals surface area contributed by atoms with Gasteiger partial charge in [0.05, 0.1) is 25.3 Å². The van der Waals surface area contributed by atoms with E-state index in [1.165, 1.54) is 0 Å². The van der Waals surface area contributed by atoms with Crippen LogP contribution in [-0.2, 0) is 20.7 Å². The molecule has 0 N–H and O–H groups in total. The molecule has 0 atom stereocenters. The zero-order valence-electron chi connectivity index (χ0n) is 10.6. The van der Waals surface area contributed by atoms with E-state index in [0.29, 0.717) is 6.61 Å². The summed E-state index contributed by atoms with van der Waals surface area (Å²) in [5.74, 6) is -0.214. The van der Waals surface area contributed by atoms with Crippen LogP contribution in [0.15, 0.2) is 5.38 Å². The fraction of sp³-hybridized carbons (Fsp3) is 0.667. The van der Waals surface area contributed by atoms with Crippen molar-refractivity contribution < 1.29 is 14.3 Å². The van der Waals surface area contributed by atoms with Crippen LogP contribution in [0.4, 0.5) is 5.13 Å². The number of nitrogens with zero attached hydrogens (tertiary/aromatic N) is 2. The summed E-state index contributed by atoms with van der Waals surface area (Å²) in [4.78, 5) is 18.1. The van der Waals surface area contributed by atoms with E-state index in [0.717, 1.165) is 43.5 Å². The fourth-order valence-electron chi connectivity index (χ4n) is 1.82. The Hall–Kier alpha value is -1.14. The number of aromatic nitrogens is 1. The minimum Gasteiger partial charge on any atom is -0.466 e. The lowest BCUT2D eigenvalue weighted by atomic mass is 10.3. The number of hydrogen-bond acceptors (Lipinski definition) is 6. The Labute approximate surface area is 111 Å². The van der Waals surface area contributed by atoms with E-state index >= 15 is 0 Å². The van der Waals surface area contributed by atoms with Crippen molar-refractivity contribution in [3.8, 4) is 0 Å². The van der Waals surface area contributed by atoms with Crippen molar-refractivity contribution in [1.29, 1.82) is 0 Å². The van der Waals surface area contributed by atoms with Crippen LogP contribution in [0, 0.1) is 0 Å². The van der Waals surface area contributed by atoms with Gasteiger partial charge in [0.1, 0.15) is 0 Å². The first kappa shape index (κ1) is 13.3. The van der Waals surface area contributed by atoms with E-state index in [9.17, 15) is 4.79 Å². The van der Waals surface area contributed by atoms with E-state index in [2.05, 4.69) is 9.88 Å². The number of carbonyl (C=O) groups is 1. The molecule has 0 spiro atoms. The second-order valence-corrected chi connectivity index (χ2v) is 4.89. The highest BCUT2D eigenvalue weighted by atomic mass is 32.1. The maximum Gasteiger partial charge on any atom is 0.311 e. The third-order valence-corrected chi connectivity index (χ3v) is 3.61. The summed E-state index contributed by atoms with van der Waals surface area (Å²) in [5, 5.41) is 2.90. The smallest absolute Gasteiger partial charge is 0.311 e. The molecular formula is C12H18N2O3S. The molecule has 0 aromatic carbocycles. The van der Waals surface area contributed by atoms with Gasteiger partial charge in [-0.3, -0.25) is 4.79 Å². The van der Waals surface area contributed by atoms with E-state index in [1.54, 1.807) is 11.3 Å². The molecule has 0 aliphatic carbocycles. The van der Waals surface area contributed by atoms with Crippen molar-refractivity contribution in [2.75, 3.05) is 37.8 Å². The maximum absolute atomic E-state index is 11.4. The SMILES string of the molecule is CCOC(=O)Cc1csc(N2CCCOCC2)n1. The summed E-state index contributed by atoms with van der Waals surface area (Å²) in [6, 6.07) is 0. The first-order valence-electron chi connectivity index (χ1n) is 6.22. The number of carbonyl (C=O) groups excluding carboxylic acids is 1. The number of anilines is 1. The first-order valence-corrected chi connectivity index (χ1v) is 7.10. The van der Waals surface area contributed by atoms with Crippen LogP contribution in [0.5, 0.6) is 0 Å². The van der Waals surface area contributed by atoms with Crippen LogP contribution in [-0.4, -0.2) is 43.9 Å². The molecule has 6 heteroatoms. The molecule has 2 heterocycles. The van der Waals surface area contributed by atoms with Crippen LogP contribution in [0.25, 0.3) is 0 Å². The Morgan fingerprint density at radius 2 is 2.44 bits per heavy atom. The van der Waals surface area contributed by atoms with Gasteiger partial charge in [-0.05, 0) is 13.3 Å². The number of ether oxygens (including phenoxy) is 2. The molecule has 1 saturated heterocycles. The topological polar surface area (TPSA) is 51.7 Å². The van der Waals surface area contributed by atoms with Gasteiger partial charge in [0.15, 0.2) is 5.13 Å². The van der Waals surface area contributed by atoms with Gasteiger partial charge in [-0.1, -0.05) is 0 Å². The van der Waals surface area contributed by atoms with Gasteiger partial charge < -0.3 is 14.4 Å². The molecule has 1 aliphatic heterocycles. The largest absolute Gasteiger partial charge is 0.466 e. The Kier molecular flexibility index (Phi) is 4.95. The van der Waals surface area contributed by atoms with Gasteiger partial charge in [-0.15, -0.1) is 11.3 Å². The summed E-state index contributed by atoms with van der Waals surface area (Å²) in [7, 11) is 0. The molecule has 2 rings (SSSR count). The van der Waals surface area contributed by atoms with Crippen LogP contribution in [0.3, 0.4) is 0 Å². The zero-order chi connectivity index (χ0) is 12.8. The highest BCUT2D eigenvalue weighted by Gasteiger charge is 2.15. The number of rotatable bonds is 4. The second kappa shape index (κ2) is 6.70. The third-order valence-electron chi connectivity index (χ3n) is 2.66. The van der Waals surface area contributed by atoms with E-state index in [4.69, 9.17) is 9.47 Å². The Morgan fingerprint density at radius 1 is 1.56 bits per heavy atom. The van der Waals surface area contributed by atoms with E-state index in [-0.39, 0.29) is 12.4 Å². The Morgan fingerprint density at radius 3 is 3.28 bits per heavy atom. The van der Waals surface area contributed by atoms with E-state index < -0.39 is 0 Å². The lowest BCUT2D eigenvalue weighted by Crippen LogP contribution is -2.25. The van der Waals surface area contributed by atoms with Crippen molar-refractivity contribution in [2.24, 2.45) is 0 Å². The number of thiazole rings is 1. The normalized spacial score (nSPS) is 16.4. The van der Waals surface area contributed by atoms with Crippen molar-refractivity contribution >= 4 is 22.4 Å². The molecule has 5 nitrogen and oxygen atoms in total. The van der Waals surface area contributed by atoms with Gasteiger partial charge in [0.25, 0.3) is 0 Å². The number of hydrogen-bond donors (Lipinski definition) is 0. The molecule has 1 aliphatic rings. The molecule has 100 valence electrons. The molecular weight excluding hydrogens is 252 g/mol. The minimum absolute atomic E-state index is 0.214. The average Bonchev–Trinajstić information content (AvgIpc) is 2.64. The summed E-state index contributed by atoms with van der Waals surface area (Å²) in [6.45, 7) is 5.62. The standard InChI is InChI=1S/C12H18N2O3S/c1-2-17-11(15)8-10-9-18-12(13-10)14-4-3-6-16-7-5-14/h9H,2-8H2,1H3. The Bertz CT molecular complexity index is 386. The predicted molar refractivity (Wildman–Crippen MR) is 70.1 cm³/mol. The van der Waals surface area contributed by atoms with Crippen molar-refractivity contribution in [2.45, 2.75) is 19.8 Å². The highest BCUT2D eigenvalue weighted by Crippen LogP contribution is 2.22. The molecule has 0 amide bonds. The molecule has 0 bridgehead atoms. The van der Waals surface area contributed by atoms with Gasteiger partial charge >= 0.3 is 5.97 Å². The lowest BCUT2D eigenvalue weighted by Gasteiger charge is -2.17. The van der Waals surface area contributed by atoms with Crippen molar-refractivity contribution in [3.63, 3.8) is 0 Å². The molecule has 18 heavy (non-hydrogen) atoms. The van der Waals surface area contributed by atoms with Gasteiger partial charge in [0, 0.05) is 25.1 Å². The Balaban J connectivity index is 1.94. The summed E-state index contributed by atoms with van der Waals surface area (Å²) in [5.41, 5.74) is 0.790. The van der Waals surface area contributed by atoms with Crippen molar-refractivity contribution in [1.82, 2.24) is 4.98 Å². The molecule has 1 fully saturated rings. The van der Waals surface area contributed by atoms with Crippen LogP contribution in [0.1, 0.15) is 19.0 Å². The monoisotopic (exact) mass is 270 g/mol. The lowest BCUT2D eigenvalue weighted by molar-refractivity contribution is -0.142. The summed E-state index contributed by atoms with van der Waals surface area (Å²) in [6.07, 6.45) is 1.28. The van der Waals surface area contributed by atoms with Gasteiger partial charge in [-0.25, -0.2) is 4.98 Å². The first-order chi connectivity index (χ1) is 8.79. The summed E-state index contributed by atoms with van der Waals surface area (Å²) >= 11 is 1.58. The summed E-state index contributed by atoms with van der Waals surface area (Å²) < 4.78 is 10.3. The second-order valence-electron chi connectivity index (χ2n) is 4.06. The van der Waals surface area contributed by atoms with Crippen LogP contribution in [0.2, 0.25) is 0 Å². The molecule has 0 unspecified atom stereocenters. The molecule has 1 aromatic heterocycles. The van der Waals surface area contributed by atoms with E-state index in [1.807, 2.05) is 12.3 Å². The molecule has 1 aromatic rings.